The van der Waals surface area contributed by atoms with Crippen LogP contribution in [-0.4, -0.2) is 37.3 Å². The maximum absolute atomic E-state index is 13.4. The van der Waals surface area contributed by atoms with Gasteiger partial charge >= 0.3 is 5.69 Å². The van der Waals surface area contributed by atoms with E-state index in [1.807, 2.05) is 0 Å². The second-order valence-electron chi connectivity index (χ2n) is 4.00. The number of hydrogen-bond donors (Lipinski definition) is 1. The van der Waals surface area contributed by atoms with Crippen molar-refractivity contribution in [2.24, 2.45) is 0 Å². The molecule has 0 radical (unpaired) electrons. The Morgan fingerprint density at radius 3 is 3.05 bits per heavy atom. The molecule has 1 aromatic carbocycles. The molecule has 0 bridgehead atoms. The first-order valence-corrected chi connectivity index (χ1v) is 6.46. The minimum absolute atomic E-state index is 0.0298. The molecule has 1 heterocycles. The smallest absolute Gasteiger partial charge is 0.312 e. The topological polar surface area (TPSA) is 73.6 Å². The summed E-state index contributed by atoms with van der Waals surface area (Å²) in [6.45, 7) is 2.07. The number of morpholine rings is 1. The molecule has 1 aliphatic heterocycles. The summed E-state index contributed by atoms with van der Waals surface area (Å²) in [5.74, 6) is -0.705. The lowest BCUT2D eigenvalue weighted by Crippen LogP contribution is -2.41. The van der Waals surface area contributed by atoms with Gasteiger partial charge in [-0.05, 0) is 15.9 Å². The Hall–Kier alpha value is -1.25. The average molecular weight is 335 g/mol. The minimum atomic E-state index is -0.612. The number of hydrogen-bond acceptors (Lipinski definition) is 5. The summed E-state index contributed by atoms with van der Waals surface area (Å²) in [7, 11) is 0. The van der Waals surface area contributed by atoms with Crippen LogP contribution in [0, 0.1) is 15.9 Å². The molecule has 0 saturated carbocycles. The number of halogens is 2. The van der Waals surface area contributed by atoms with E-state index < -0.39 is 10.7 Å². The third kappa shape index (κ3) is 3.62. The molecule has 19 heavy (non-hydrogen) atoms. The molecule has 1 unspecified atom stereocenters. The van der Waals surface area contributed by atoms with Crippen molar-refractivity contribution in [1.29, 1.82) is 0 Å². The summed E-state index contributed by atoms with van der Waals surface area (Å²) in [5, 5.41) is 14.0. The molecule has 1 N–H and O–H groups in total. The van der Waals surface area contributed by atoms with Crippen LogP contribution in [0.15, 0.2) is 16.6 Å². The molecular formula is C11H12BrFN2O4. The van der Waals surface area contributed by atoms with Crippen LogP contribution >= 0.6 is 15.9 Å². The molecule has 1 fully saturated rings. The summed E-state index contributed by atoms with van der Waals surface area (Å²) >= 11 is 2.91. The fourth-order valence-corrected chi connectivity index (χ4v) is 2.02. The molecule has 0 amide bonds. The van der Waals surface area contributed by atoms with Gasteiger partial charge in [0.2, 0.25) is 0 Å². The number of nitrogens with one attached hydrogen (secondary N) is 1. The van der Waals surface area contributed by atoms with Crippen LogP contribution in [0.25, 0.3) is 0 Å². The molecule has 1 saturated heterocycles. The van der Waals surface area contributed by atoms with Crippen molar-refractivity contribution in [2.45, 2.75) is 6.10 Å². The Labute approximate surface area is 117 Å². The second kappa shape index (κ2) is 6.27. The van der Waals surface area contributed by atoms with Crippen LogP contribution in [0.2, 0.25) is 0 Å². The molecule has 1 atom stereocenters. The molecule has 2 rings (SSSR count). The number of rotatable bonds is 4. The van der Waals surface area contributed by atoms with Gasteiger partial charge in [0.05, 0.1) is 16.0 Å². The van der Waals surface area contributed by atoms with Crippen LogP contribution in [0.1, 0.15) is 0 Å². The average Bonchev–Trinajstić information content (AvgIpc) is 2.40. The lowest BCUT2D eigenvalue weighted by molar-refractivity contribution is -0.386. The molecule has 6 nitrogen and oxygen atoms in total. The first-order chi connectivity index (χ1) is 9.08. The summed E-state index contributed by atoms with van der Waals surface area (Å²) in [6, 6.07) is 2.09. The Kier molecular flexibility index (Phi) is 4.67. The van der Waals surface area contributed by atoms with Crippen LogP contribution < -0.4 is 10.1 Å². The lowest BCUT2D eigenvalue weighted by atomic mass is 10.3. The van der Waals surface area contributed by atoms with Crippen molar-refractivity contribution in [1.82, 2.24) is 5.32 Å². The minimum Gasteiger partial charge on any atom is -0.484 e. The van der Waals surface area contributed by atoms with Crippen LogP contribution in [0.4, 0.5) is 10.1 Å². The Morgan fingerprint density at radius 1 is 1.63 bits per heavy atom. The van der Waals surface area contributed by atoms with E-state index in [2.05, 4.69) is 21.2 Å². The van der Waals surface area contributed by atoms with Crippen LogP contribution in [0.3, 0.4) is 0 Å². The number of ether oxygens (including phenoxy) is 2. The van der Waals surface area contributed by atoms with E-state index in [9.17, 15) is 14.5 Å². The number of nitro benzene ring substituents is 1. The normalized spacial score (nSPS) is 19.2. The second-order valence-corrected chi connectivity index (χ2v) is 4.85. The maximum Gasteiger partial charge on any atom is 0.312 e. The molecule has 1 aliphatic rings. The molecule has 0 aliphatic carbocycles. The first kappa shape index (κ1) is 14.2. The van der Waals surface area contributed by atoms with Crippen molar-refractivity contribution in [3.63, 3.8) is 0 Å². The van der Waals surface area contributed by atoms with Crippen molar-refractivity contribution in [2.75, 3.05) is 26.3 Å². The van der Waals surface area contributed by atoms with Gasteiger partial charge in [-0.3, -0.25) is 10.1 Å². The van der Waals surface area contributed by atoms with Gasteiger partial charge in [0, 0.05) is 25.2 Å². The summed E-state index contributed by atoms with van der Waals surface area (Å²) < 4.78 is 24.1. The van der Waals surface area contributed by atoms with E-state index >= 15 is 0 Å². The van der Waals surface area contributed by atoms with Gasteiger partial charge in [0.1, 0.15) is 18.5 Å². The zero-order valence-electron chi connectivity index (χ0n) is 9.90. The van der Waals surface area contributed by atoms with Gasteiger partial charge in [-0.1, -0.05) is 0 Å². The largest absolute Gasteiger partial charge is 0.484 e. The van der Waals surface area contributed by atoms with Crippen LogP contribution in [-0.2, 0) is 4.74 Å². The summed E-state index contributed by atoms with van der Waals surface area (Å²) in [5.41, 5.74) is -0.281. The molecule has 0 spiro atoms. The summed E-state index contributed by atoms with van der Waals surface area (Å²) in [4.78, 5) is 10.3. The van der Waals surface area contributed by atoms with Crippen molar-refractivity contribution in [3.8, 4) is 5.75 Å². The van der Waals surface area contributed by atoms with E-state index in [4.69, 9.17) is 9.47 Å². The number of benzene rings is 1. The van der Waals surface area contributed by atoms with Crippen LogP contribution in [0.5, 0.6) is 5.75 Å². The standard InChI is InChI=1S/C11H12BrFN2O4/c12-8-3-10(15(16)17)11(4-9(8)13)19-6-7-5-14-1-2-18-7/h3-4,7,14H,1-2,5-6H2. The summed E-state index contributed by atoms with van der Waals surface area (Å²) in [6.07, 6.45) is -0.194. The third-order valence-corrected chi connectivity index (χ3v) is 3.24. The molecular weight excluding hydrogens is 323 g/mol. The van der Waals surface area contributed by atoms with E-state index in [1.54, 1.807) is 0 Å². The van der Waals surface area contributed by atoms with Gasteiger partial charge in [0.15, 0.2) is 5.75 Å². The maximum atomic E-state index is 13.4. The zero-order chi connectivity index (χ0) is 13.8. The molecule has 104 valence electrons. The predicted octanol–water partition coefficient (Wildman–Crippen LogP) is 1.86. The van der Waals surface area contributed by atoms with Crippen molar-refractivity contribution < 1.29 is 18.8 Å². The van der Waals surface area contributed by atoms with Crippen molar-refractivity contribution in [3.05, 3.63) is 32.5 Å². The number of nitrogens with zero attached hydrogens (tertiary/aromatic N) is 1. The van der Waals surface area contributed by atoms with Crippen molar-refractivity contribution >= 4 is 21.6 Å². The highest BCUT2D eigenvalue weighted by Crippen LogP contribution is 2.32. The molecule has 1 aromatic rings. The quantitative estimate of drug-likeness (QED) is 0.672. The Balaban J connectivity index is 2.09. The Bertz CT molecular complexity index is 480. The highest BCUT2D eigenvalue weighted by Gasteiger charge is 2.21. The van der Waals surface area contributed by atoms with Gasteiger partial charge < -0.3 is 14.8 Å². The fraction of sp³-hybridized carbons (Fsp3) is 0.455. The monoisotopic (exact) mass is 334 g/mol. The Morgan fingerprint density at radius 2 is 2.42 bits per heavy atom. The lowest BCUT2D eigenvalue weighted by Gasteiger charge is -2.23. The van der Waals surface area contributed by atoms with E-state index in [0.717, 1.165) is 18.7 Å². The SMILES string of the molecule is O=[N+]([O-])c1cc(Br)c(F)cc1OCC1CNCCO1. The van der Waals surface area contributed by atoms with Gasteiger partial charge in [-0.2, -0.15) is 0 Å². The van der Waals surface area contributed by atoms with Gasteiger partial charge in [-0.25, -0.2) is 4.39 Å². The predicted molar refractivity (Wildman–Crippen MR) is 68.9 cm³/mol. The highest BCUT2D eigenvalue weighted by molar-refractivity contribution is 9.10. The van der Waals surface area contributed by atoms with Gasteiger partial charge in [0.25, 0.3) is 0 Å². The molecule has 8 heteroatoms. The first-order valence-electron chi connectivity index (χ1n) is 5.66. The van der Waals surface area contributed by atoms with E-state index in [-0.39, 0.29) is 28.6 Å². The highest BCUT2D eigenvalue weighted by atomic mass is 79.9. The number of nitro groups is 1. The zero-order valence-corrected chi connectivity index (χ0v) is 11.5. The van der Waals surface area contributed by atoms with E-state index in [1.165, 1.54) is 0 Å². The fourth-order valence-electron chi connectivity index (χ4n) is 1.69. The van der Waals surface area contributed by atoms with Gasteiger partial charge in [-0.15, -0.1) is 0 Å². The third-order valence-electron chi connectivity index (χ3n) is 2.63. The van der Waals surface area contributed by atoms with E-state index in [0.29, 0.717) is 13.2 Å². The molecule has 0 aromatic heterocycles.